The molecule has 4 heterocycles. The Morgan fingerprint density at radius 1 is 1.36 bits per heavy atom. The van der Waals surface area contributed by atoms with Crippen molar-refractivity contribution >= 4 is 5.91 Å². The van der Waals surface area contributed by atoms with E-state index in [1.54, 1.807) is 18.2 Å². The summed E-state index contributed by atoms with van der Waals surface area (Å²) in [6.45, 7) is 0.127. The van der Waals surface area contributed by atoms with Crippen LogP contribution in [0.2, 0.25) is 0 Å². The molecule has 0 aliphatic rings. The average molecular weight is 338 g/mol. The highest BCUT2D eigenvalue weighted by molar-refractivity contribution is 5.93. The Labute approximate surface area is 141 Å². The van der Waals surface area contributed by atoms with Crippen LogP contribution in [0.15, 0.2) is 51.7 Å². The van der Waals surface area contributed by atoms with Crippen LogP contribution in [0.1, 0.15) is 16.3 Å². The highest BCUT2D eigenvalue weighted by Crippen LogP contribution is 2.18. The molecule has 0 spiro atoms. The zero-order chi connectivity index (χ0) is 17.2. The van der Waals surface area contributed by atoms with Gasteiger partial charge in [0.2, 0.25) is 0 Å². The maximum atomic E-state index is 12.2. The standard InChI is InChI=1S/C16H14N6O3/c1-22-6-2-4-12(22)10-8-11(20-19-10)15(23)17-9-14-18-16(25-21-14)13-5-3-7-24-13/h2-8H,9H2,1H3,(H,17,23)(H,19,20). The predicted molar refractivity (Wildman–Crippen MR) is 86.2 cm³/mol. The number of nitrogens with zero attached hydrogens (tertiary/aromatic N) is 4. The van der Waals surface area contributed by atoms with E-state index < -0.39 is 0 Å². The smallest absolute Gasteiger partial charge is 0.293 e. The van der Waals surface area contributed by atoms with Crippen molar-refractivity contribution in [2.45, 2.75) is 6.54 Å². The molecule has 0 aromatic carbocycles. The van der Waals surface area contributed by atoms with Crippen LogP contribution >= 0.6 is 0 Å². The number of aryl methyl sites for hydroxylation is 1. The van der Waals surface area contributed by atoms with E-state index in [1.165, 1.54) is 6.26 Å². The molecular weight excluding hydrogens is 324 g/mol. The van der Waals surface area contributed by atoms with Gasteiger partial charge in [-0.1, -0.05) is 5.16 Å². The summed E-state index contributed by atoms with van der Waals surface area (Å²) in [5.41, 5.74) is 1.96. The SMILES string of the molecule is Cn1cccc1-c1cc(C(=O)NCc2noc(-c3ccco3)n2)[nH]n1. The number of hydrogen-bond donors (Lipinski definition) is 2. The lowest BCUT2D eigenvalue weighted by atomic mass is 10.3. The van der Waals surface area contributed by atoms with E-state index in [9.17, 15) is 4.79 Å². The molecule has 4 aromatic rings. The Hall–Kier alpha value is -3.62. The molecule has 0 atom stereocenters. The zero-order valence-corrected chi connectivity index (χ0v) is 13.3. The molecule has 0 aliphatic carbocycles. The number of hydrogen-bond acceptors (Lipinski definition) is 6. The highest BCUT2D eigenvalue weighted by Gasteiger charge is 2.15. The maximum absolute atomic E-state index is 12.2. The molecule has 4 aromatic heterocycles. The summed E-state index contributed by atoms with van der Waals surface area (Å²) < 4.78 is 12.2. The molecule has 0 unspecified atom stereocenters. The minimum atomic E-state index is -0.308. The molecule has 1 amide bonds. The van der Waals surface area contributed by atoms with Crippen LogP contribution < -0.4 is 5.32 Å². The molecule has 4 rings (SSSR count). The first-order valence-corrected chi connectivity index (χ1v) is 7.52. The lowest BCUT2D eigenvalue weighted by molar-refractivity contribution is 0.0944. The molecule has 0 aliphatic heterocycles. The van der Waals surface area contributed by atoms with Crippen molar-refractivity contribution in [2.24, 2.45) is 7.05 Å². The van der Waals surface area contributed by atoms with E-state index in [0.29, 0.717) is 23.0 Å². The summed E-state index contributed by atoms with van der Waals surface area (Å²) in [4.78, 5) is 16.4. The number of furan rings is 1. The van der Waals surface area contributed by atoms with Gasteiger partial charge in [0.25, 0.3) is 11.8 Å². The van der Waals surface area contributed by atoms with Crippen LogP contribution in [0.4, 0.5) is 0 Å². The number of carbonyl (C=O) groups is 1. The van der Waals surface area contributed by atoms with E-state index in [-0.39, 0.29) is 18.3 Å². The van der Waals surface area contributed by atoms with Gasteiger partial charge in [0.1, 0.15) is 11.4 Å². The van der Waals surface area contributed by atoms with Crippen LogP contribution in [-0.2, 0) is 13.6 Å². The minimum absolute atomic E-state index is 0.127. The third kappa shape index (κ3) is 2.94. The van der Waals surface area contributed by atoms with Gasteiger partial charge in [-0.3, -0.25) is 9.89 Å². The number of amides is 1. The van der Waals surface area contributed by atoms with Gasteiger partial charge in [0.15, 0.2) is 11.6 Å². The molecule has 2 N–H and O–H groups in total. The summed E-state index contributed by atoms with van der Waals surface area (Å²) in [6.07, 6.45) is 3.43. The highest BCUT2D eigenvalue weighted by atomic mass is 16.5. The molecule has 0 fully saturated rings. The molecule has 0 saturated heterocycles. The Kier molecular flexibility index (Phi) is 3.65. The van der Waals surface area contributed by atoms with Crippen molar-refractivity contribution in [1.29, 1.82) is 0 Å². The molecule has 9 heteroatoms. The lowest BCUT2D eigenvalue weighted by Crippen LogP contribution is -2.23. The zero-order valence-electron chi connectivity index (χ0n) is 13.3. The van der Waals surface area contributed by atoms with Crippen molar-refractivity contribution in [3.05, 3.63) is 54.3 Å². The summed E-state index contributed by atoms with van der Waals surface area (Å²) in [5.74, 6) is 0.784. The molecule has 25 heavy (non-hydrogen) atoms. The summed E-state index contributed by atoms with van der Waals surface area (Å²) in [7, 11) is 1.91. The molecular formula is C16H14N6O3. The fraction of sp³-hybridized carbons (Fsp3) is 0.125. The van der Waals surface area contributed by atoms with Crippen molar-refractivity contribution in [1.82, 2.24) is 30.2 Å². The Bertz CT molecular complexity index is 995. The number of aromatic amines is 1. The van der Waals surface area contributed by atoms with Crippen LogP contribution in [-0.4, -0.2) is 30.8 Å². The van der Waals surface area contributed by atoms with Gasteiger partial charge in [-0.2, -0.15) is 10.1 Å². The van der Waals surface area contributed by atoms with Gasteiger partial charge < -0.3 is 18.8 Å². The maximum Gasteiger partial charge on any atom is 0.293 e. The number of H-pyrrole nitrogens is 1. The van der Waals surface area contributed by atoms with E-state index in [2.05, 4.69) is 25.7 Å². The monoisotopic (exact) mass is 338 g/mol. The van der Waals surface area contributed by atoms with Gasteiger partial charge in [0, 0.05) is 13.2 Å². The first kappa shape index (κ1) is 14.9. The summed E-state index contributed by atoms with van der Waals surface area (Å²) in [5, 5.41) is 13.4. The average Bonchev–Trinajstić information content (AvgIpc) is 3.37. The van der Waals surface area contributed by atoms with Crippen LogP contribution in [0.25, 0.3) is 23.0 Å². The second-order valence-corrected chi connectivity index (χ2v) is 5.35. The van der Waals surface area contributed by atoms with E-state index in [1.807, 2.05) is 29.9 Å². The van der Waals surface area contributed by atoms with Crippen molar-refractivity contribution in [3.63, 3.8) is 0 Å². The van der Waals surface area contributed by atoms with Gasteiger partial charge >= 0.3 is 0 Å². The van der Waals surface area contributed by atoms with E-state index in [0.717, 1.165) is 5.69 Å². The van der Waals surface area contributed by atoms with Crippen LogP contribution in [0, 0.1) is 0 Å². The van der Waals surface area contributed by atoms with Gasteiger partial charge in [0.05, 0.1) is 18.5 Å². The van der Waals surface area contributed by atoms with Crippen LogP contribution in [0.5, 0.6) is 0 Å². The van der Waals surface area contributed by atoms with Crippen LogP contribution in [0.3, 0.4) is 0 Å². The minimum Gasteiger partial charge on any atom is -0.459 e. The van der Waals surface area contributed by atoms with Crippen molar-refractivity contribution in [3.8, 4) is 23.0 Å². The second kappa shape index (κ2) is 6.11. The first-order valence-electron chi connectivity index (χ1n) is 7.52. The Morgan fingerprint density at radius 3 is 3.04 bits per heavy atom. The fourth-order valence-corrected chi connectivity index (χ4v) is 2.38. The fourth-order valence-electron chi connectivity index (χ4n) is 2.38. The molecule has 126 valence electrons. The summed E-state index contributed by atoms with van der Waals surface area (Å²) >= 11 is 0. The predicted octanol–water partition coefficient (Wildman–Crippen LogP) is 1.99. The molecule has 0 bridgehead atoms. The van der Waals surface area contributed by atoms with Gasteiger partial charge in [-0.15, -0.1) is 0 Å². The topological polar surface area (TPSA) is 115 Å². The second-order valence-electron chi connectivity index (χ2n) is 5.35. The number of nitrogens with one attached hydrogen (secondary N) is 2. The van der Waals surface area contributed by atoms with Crippen molar-refractivity contribution in [2.75, 3.05) is 0 Å². The van der Waals surface area contributed by atoms with E-state index in [4.69, 9.17) is 8.94 Å². The number of carbonyl (C=O) groups excluding carboxylic acids is 1. The van der Waals surface area contributed by atoms with Gasteiger partial charge in [-0.05, 0) is 30.3 Å². The lowest BCUT2D eigenvalue weighted by Gasteiger charge is -1.99. The molecule has 9 nitrogen and oxygen atoms in total. The summed E-state index contributed by atoms with van der Waals surface area (Å²) in [6, 6.07) is 8.97. The largest absolute Gasteiger partial charge is 0.459 e. The Balaban J connectivity index is 1.41. The van der Waals surface area contributed by atoms with Crippen molar-refractivity contribution < 1.29 is 13.7 Å². The molecule has 0 saturated carbocycles. The quantitative estimate of drug-likeness (QED) is 0.575. The number of rotatable bonds is 5. The third-order valence-corrected chi connectivity index (χ3v) is 3.64. The normalized spacial score (nSPS) is 10.9. The first-order chi connectivity index (χ1) is 12.2. The molecule has 0 radical (unpaired) electrons. The number of aromatic nitrogens is 5. The van der Waals surface area contributed by atoms with E-state index >= 15 is 0 Å². The third-order valence-electron chi connectivity index (χ3n) is 3.64. The Morgan fingerprint density at radius 2 is 2.28 bits per heavy atom. The van der Waals surface area contributed by atoms with Gasteiger partial charge in [-0.25, -0.2) is 0 Å².